The molecule has 0 aromatic carbocycles. The first-order valence-corrected chi connectivity index (χ1v) is 3.97. The molecule has 2 rings (SSSR count). The molecule has 1 aliphatic carbocycles. The molecule has 1 saturated carbocycles. The third-order valence-corrected chi connectivity index (χ3v) is 2.15. The summed E-state index contributed by atoms with van der Waals surface area (Å²) < 4.78 is 0. The van der Waals surface area contributed by atoms with Crippen molar-refractivity contribution in [2.45, 2.75) is 25.7 Å². The lowest BCUT2D eigenvalue weighted by atomic mass is 10.1. The van der Waals surface area contributed by atoms with Crippen molar-refractivity contribution in [2.24, 2.45) is 0 Å². The van der Waals surface area contributed by atoms with E-state index in [9.17, 15) is 4.79 Å². The van der Waals surface area contributed by atoms with Gasteiger partial charge < -0.3 is 4.98 Å². The van der Waals surface area contributed by atoms with Gasteiger partial charge in [-0.1, -0.05) is 6.07 Å². The van der Waals surface area contributed by atoms with Gasteiger partial charge in [0.2, 0.25) is 5.56 Å². The third-order valence-electron chi connectivity index (χ3n) is 2.15. The Labute approximate surface area is 65.3 Å². The summed E-state index contributed by atoms with van der Waals surface area (Å²) in [5, 5.41) is 0. The van der Waals surface area contributed by atoms with Crippen LogP contribution in [-0.2, 0) is 0 Å². The Morgan fingerprint density at radius 2 is 2.18 bits per heavy atom. The molecule has 0 unspecified atom stereocenters. The number of hydrogen-bond donors (Lipinski definition) is 1. The van der Waals surface area contributed by atoms with Gasteiger partial charge >= 0.3 is 0 Å². The largest absolute Gasteiger partial charge is 0.326 e. The van der Waals surface area contributed by atoms with Crippen LogP contribution >= 0.6 is 0 Å². The molecule has 2 heteroatoms. The van der Waals surface area contributed by atoms with Crippen molar-refractivity contribution in [3.8, 4) is 0 Å². The van der Waals surface area contributed by atoms with Crippen LogP contribution in [0.5, 0.6) is 0 Å². The minimum Gasteiger partial charge on any atom is -0.326 e. The number of hydrogen-bond acceptors (Lipinski definition) is 1. The minimum absolute atomic E-state index is 0.0255. The van der Waals surface area contributed by atoms with Crippen LogP contribution in [0.1, 0.15) is 30.0 Å². The van der Waals surface area contributed by atoms with Crippen LogP contribution in [0.3, 0.4) is 0 Å². The van der Waals surface area contributed by atoms with Gasteiger partial charge in [-0.2, -0.15) is 0 Å². The molecule has 0 saturated heterocycles. The topological polar surface area (TPSA) is 32.9 Å². The maximum Gasteiger partial charge on any atom is 0.248 e. The molecule has 1 fully saturated rings. The second kappa shape index (κ2) is 2.22. The van der Waals surface area contributed by atoms with Gasteiger partial charge in [-0.15, -0.1) is 0 Å². The maximum atomic E-state index is 10.9. The highest BCUT2D eigenvalue weighted by Crippen LogP contribution is 2.39. The summed E-state index contributed by atoms with van der Waals surface area (Å²) in [5.41, 5.74) is 2.39. The average molecular weight is 149 g/mol. The molecular formula is C9H11NO. The van der Waals surface area contributed by atoms with E-state index in [1.807, 2.05) is 13.0 Å². The van der Waals surface area contributed by atoms with Crippen molar-refractivity contribution in [1.29, 1.82) is 0 Å². The predicted molar refractivity (Wildman–Crippen MR) is 43.8 cm³/mol. The van der Waals surface area contributed by atoms with Gasteiger partial charge in [0.25, 0.3) is 0 Å². The van der Waals surface area contributed by atoms with Crippen LogP contribution in [0.25, 0.3) is 0 Å². The van der Waals surface area contributed by atoms with Gasteiger partial charge in [0.05, 0.1) is 0 Å². The third kappa shape index (κ3) is 1.20. The van der Waals surface area contributed by atoms with Crippen LogP contribution in [0, 0.1) is 6.92 Å². The molecule has 0 atom stereocenters. The quantitative estimate of drug-likeness (QED) is 0.645. The van der Waals surface area contributed by atoms with Crippen molar-refractivity contribution < 1.29 is 0 Å². The summed E-state index contributed by atoms with van der Waals surface area (Å²) in [6.07, 6.45) is 2.47. The molecule has 0 spiro atoms. The normalized spacial score (nSPS) is 16.8. The van der Waals surface area contributed by atoms with Gasteiger partial charge in [-0.3, -0.25) is 4.79 Å². The lowest BCUT2D eigenvalue weighted by molar-refractivity contribution is 0.974. The number of aryl methyl sites for hydroxylation is 1. The standard InChI is InChI=1S/C9H11NO/c1-6-2-5-8(11)10-9(6)7-3-4-7/h2,5,7H,3-4H2,1H3,(H,10,11). The molecule has 1 N–H and O–H groups in total. The summed E-state index contributed by atoms with van der Waals surface area (Å²) >= 11 is 0. The zero-order valence-corrected chi connectivity index (χ0v) is 6.55. The molecule has 1 heterocycles. The van der Waals surface area contributed by atoms with Crippen LogP contribution in [0.4, 0.5) is 0 Å². The lowest BCUT2D eigenvalue weighted by Crippen LogP contribution is -2.07. The van der Waals surface area contributed by atoms with Crippen LogP contribution in [0.2, 0.25) is 0 Å². The van der Waals surface area contributed by atoms with Crippen molar-refractivity contribution >= 4 is 0 Å². The molecule has 0 radical (unpaired) electrons. The molecule has 11 heavy (non-hydrogen) atoms. The molecule has 0 bridgehead atoms. The van der Waals surface area contributed by atoms with Gasteiger partial charge in [0.15, 0.2) is 0 Å². The highest BCUT2D eigenvalue weighted by molar-refractivity contribution is 5.24. The van der Waals surface area contributed by atoms with Gasteiger partial charge in [0.1, 0.15) is 0 Å². The molecule has 1 aliphatic rings. The van der Waals surface area contributed by atoms with E-state index < -0.39 is 0 Å². The molecule has 58 valence electrons. The average Bonchev–Trinajstić information content (AvgIpc) is 2.76. The van der Waals surface area contributed by atoms with Crippen molar-refractivity contribution in [3.05, 3.63) is 33.7 Å². The Hall–Kier alpha value is -1.05. The second-order valence-corrected chi connectivity index (χ2v) is 3.19. The van der Waals surface area contributed by atoms with E-state index in [0.717, 1.165) is 5.69 Å². The van der Waals surface area contributed by atoms with Gasteiger partial charge in [0, 0.05) is 11.8 Å². The fourth-order valence-electron chi connectivity index (χ4n) is 1.36. The summed E-state index contributed by atoms with van der Waals surface area (Å²) in [6, 6.07) is 3.48. The zero-order chi connectivity index (χ0) is 7.84. The van der Waals surface area contributed by atoms with E-state index in [1.165, 1.54) is 18.4 Å². The minimum atomic E-state index is 0.0255. The molecule has 0 amide bonds. The fraction of sp³-hybridized carbons (Fsp3) is 0.444. The first-order valence-electron chi connectivity index (χ1n) is 3.97. The van der Waals surface area contributed by atoms with Gasteiger partial charge in [-0.05, 0) is 31.2 Å². The van der Waals surface area contributed by atoms with Crippen LogP contribution in [0.15, 0.2) is 16.9 Å². The van der Waals surface area contributed by atoms with E-state index in [-0.39, 0.29) is 5.56 Å². The first kappa shape index (κ1) is 6.65. The van der Waals surface area contributed by atoms with E-state index in [1.54, 1.807) is 6.07 Å². The van der Waals surface area contributed by atoms with E-state index in [2.05, 4.69) is 4.98 Å². The van der Waals surface area contributed by atoms with Crippen molar-refractivity contribution in [2.75, 3.05) is 0 Å². The zero-order valence-electron chi connectivity index (χ0n) is 6.55. The number of H-pyrrole nitrogens is 1. The number of pyridine rings is 1. The Kier molecular flexibility index (Phi) is 1.34. The van der Waals surface area contributed by atoms with Crippen molar-refractivity contribution in [3.63, 3.8) is 0 Å². The first-order chi connectivity index (χ1) is 5.27. The van der Waals surface area contributed by atoms with Crippen LogP contribution in [-0.4, -0.2) is 4.98 Å². The molecule has 1 aromatic rings. The van der Waals surface area contributed by atoms with Crippen molar-refractivity contribution in [1.82, 2.24) is 4.98 Å². The maximum absolute atomic E-state index is 10.9. The molecule has 1 aromatic heterocycles. The van der Waals surface area contributed by atoms with E-state index in [4.69, 9.17) is 0 Å². The Bertz CT molecular complexity index is 323. The Balaban J connectivity index is 2.50. The summed E-state index contributed by atoms with van der Waals surface area (Å²) in [7, 11) is 0. The molecular weight excluding hydrogens is 138 g/mol. The summed E-state index contributed by atoms with van der Waals surface area (Å²) in [4.78, 5) is 13.8. The van der Waals surface area contributed by atoms with E-state index >= 15 is 0 Å². The summed E-state index contributed by atoms with van der Waals surface area (Å²) in [6.45, 7) is 2.05. The highest BCUT2D eigenvalue weighted by Gasteiger charge is 2.25. The number of rotatable bonds is 1. The van der Waals surface area contributed by atoms with Gasteiger partial charge in [-0.25, -0.2) is 0 Å². The number of nitrogens with one attached hydrogen (secondary N) is 1. The second-order valence-electron chi connectivity index (χ2n) is 3.19. The molecule has 2 nitrogen and oxygen atoms in total. The lowest BCUT2D eigenvalue weighted by Gasteiger charge is -2.00. The molecule has 0 aliphatic heterocycles. The smallest absolute Gasteiger partial charge is 0.248 e. The fourth-order valence-corrected chi connectivity index (χ4v) is 1.36. The highest BCUT2D eigenvalue weighted by atomic mass is 16.1. The SMILES string of the molecule is Cc1ccc(=O)[nH]c1C1CC1. The van der Waals surface area contributed by atoms with E-state index in [0.29, 0.717) is 5.92 Å². The predicted octanol–water partition coefficient (Wildman–Crippen LogP) is 1.56. The Morgan fingerprint density at radius 3 is 2.82 bits per heavy atom. The summed E-state index contributed by atoms with van der Waals surface area (Å²) in [5.74, 6) is 0.642. The Morgan fingerprint density at radius 1 is 1.45 bits per heavy atom. The number of aromatic amines is 1. The van der Waals surface area contributed by atoms with Crippen LogP contribution < -0.4 is 5.56 Å². The monoisotopic (exact) mass is 149 g/mol. The number of aromatic nitrogens is 1.